The number of hydrogen-bond acceptors (Lipinski definition) is 18. The van der Waals surface area contributed by atoms with E-state index in [0.717, 1.165) is 111 Å². The maximum atomic E-state index is 8.63. The summed E-state index contributed by atoms with van der Waals surface area (Å²) in [4.78, 5) is 0. The first-order valence-corrected chi connectivity index (χ1v) is 35.4. The van der Waals surface area contributed by atoms with E-state index in [1.54, 1.807) is 135 Å². The second-order valence-electron chi connectivity index (χ2n) is 18.5. The number of para-hydroxylation sites is 3. The Bertz CT molecular complexity index is 1040. The molecule has 0 saturated carbocycles. The van der Waals surface area contributed by atoms with Crippen molar-refractivity contribution in [1.82, 2.24) is 0 Å². The first-order chi connectivity index (χ1) is 46.6. The molecule has 0 aliphatic heterocycles. The number of aromatic hydroxyl groups is 3. The minimum absolute atomic E-state index is 0. The van der Waals surface area contributed by atoms with Gasteiger partial charge in [0.05, 0.1) is 0 Å². The third kappa shape index (κ3) is 709. The van der Waals surface area contributed by atoms with Gasteiger partial charge in [-0.25, -0.2) is 0 Å². The monoisotopic (exact) mass is 1710 g/mol. The van der Waals surface area contributed by atoms with Crippen molar-refractivity contribution in [2.24, 2.45) is 0 Å². The maximum Gasteiger partial charge on any atom is 0.115 e. The number of aliphatic hydroxyl groups excluding tert-OH is 15. The molecule has 0 aliphatic carbocycles. The molecule has 0 heterocycles. The molecule has 3 rings (SSSR count). The Morgan fingerprint density at radius 3 is 0.365 bits per heavy atom. The molecular weight excluding hydrogens is 1540 g/mol. The van der Waals surface area contributed by atoms with Crippen LogP contribution in [-0.2, 0) is 130 Å². The predicted octanol–water partition coefficient (Wildman–Crippen LogP) is 17.0. The quantitative estimate of drug-likeness (QED) is 0.0526. The summed E-state index contributed by atoms with van der Waals surface area (Å²) in [6.07, 6.45) is 21.6. The molecule has 104 heavy (non-hydrogen) atoms. The van der Waals surface area contributed by atoms with Gasteiger partial charge in [-0.1, -0.05) is 182 Å². The number of phenols is 3. The maximum absolute atomic E-state index is 8.63. The van der Waals surface area contributed by atoms with E-state index in [4.69, 9.17) is 91.9 Å². The second-order valence-corrected chi connectivity index (χ2v) is 18.5. The predicted molar refractivity (Wildman–Crippen MR) is 434 cm³/mol. The van der Waals surface area contributed by atoms with E-state index in [9.17, 15) is 0 Å². The van der Waals surface area contributed by atoms with Crippen LogP contribution >= 0.6 is 0 Å². The largest absolute Gasteiger partial charge is 0.508 e. The van der Waals surface area contributed by atoms with Gasteiger partial charge in [0, 0.05) is 229 Å². The molecule has 636 valence electrons. The SMILES string of the molecule is CC(C)O.CC(C)O.CC(C)O.CCCCO.CCCCO.CCCCO.CCCO.CCCO.CCCO.CCO.CCO.CCO.CO.CO.CO.C[CH-]C.Oc1ccccc1.Oc1ccccc1.Oc1ccccc1.[CH2-]CCC.[CH2-]CCC.[CH2-]CCC.[CH2-]CCC.[CH2-]CCC.[Ti].[Ti].[Ti].[Ti].[Ti].[Ti]. The summed E-state index contributed by atoms with van der Waals surface area (Å²) in [6.45, 7) is 62.7. The number of rotatable bonds is 14. The first-order valence-electron chi connectivity index (χ1n) is 35.4. The van der Waals surface area contributed by atoms with Gasteiger partial charge in [0.15, 0.2) is 0 Å². The van der Waals surface area contributed by atoms with E-state index in [1.165, 1.54) is 32.1 Å². The van der Waals surface area contributed by atoms with Crippen molar-refractivity contribution in [2.75, 3.05) is 80.8 Å². The molecule has 0 saturated heterocycles. The molecule has 0 spiro atoms. The van der Waals surface area contributed by atoms with Crippen LogP contribution in [0.25, 0.3) is 0 Å². The molecule has 0 bridgehead atoms. The van der Waals surface area contributed by atoms with E-state index in [0.29, 0.717) is 56.9 Å². The molecule has 18 N–H and O–H groups in total. The Balaban J connectivity index is -0.0000000239. The van der Waals surface area contributed by atoms with Crippen LogP contribution in [0.1, 0.15) is 274 Å². The molecule has 3 aromatic rings. The zero-order valence-corrected chi connectivity index (χ0v) is 81.2. The van der Waals surface area contributed by atoms with Crippen LogP contribution in [0.15, 0.2) is 91.0 Å². The zero-order chi connectivity index (χ0) is 82.6. The minimum atomic E-state index is -0.167. The first kappa shape index (κ1) is 187. The van der Waals surface area contributed by atoms with E-state index >= 15 is 0 Å². The molecule has 3 aromatic carbocycles. The van der Waals surface area contributed by atoms with Crippen LogP contribution in [0.4, 0.5) is 0 Å². The third-order valence-electron chi connectivity index (χ3n) is 6.24. The summed E-state index contributed by atoms with van der Waals surface area (Å²) >= 11 is 0. The van der Waals surface area contributed by atoms with E-state index in [1.807, 2.05) is 59.2 Å². The third-order valence-corrected chi connectivity index (χ3v) is 6.24. The van der Waals surface area contributed by atoms with Crippen molar-refractivity contribution in [2.45, 2.75) is 293 Å². The Morgan fingerprint density at radius 1 is 0.260 bits per heavy atom. The Morgan fingerprint density at radius 2 is 0.346 bits per heavy atom. The standard InChI is InChI=1S/3C6H6O.3C4H10O.5C4H9.6C3H8O.C3H7.3C2H6O.3CH4O.6Ti/c3*7-6-4-2-1-3-5-6;3*1-2-3-4-5;5*1-3-4-2;3*1-3(2)4;3*1-2-3-4;1-3-2;3*1-2-3;3*1-2;;;;;;/h3*1-5,7H;3*5H,2-4H2,1H3;5*1,3-4H2,2H3;3*3-4H,1-2H3;3*4H,2-3H2,1H3;3H,1-2H3;3*3H,2H2,1H3;3*2H,1H3;;;;;;/q;;;;;;5*-1;;;;;;;-1;;;;;;;;;;;;. The van der Waals surface area contributed by atoms with Crippen molar-refractivity contribution in [3.8, 4) is 17.2 Å². The topological polar surface area (TPSA) is 364 Å². The van der Waals surface area contributed by atoms with Crippen LogP contribution < -0.4 is 0 Å². The smallest absolute Gasteiger partial charge is 0.115 e. The van der Waals surface area contributed by atoms with Crippen LogP contribution in [0.2, 0.25) is 0 Å². The summed E-state index contributed by atoms with van der Waals surface area (Å²) in [6, 6.07) is 26.1. The molecule has 0 atom stereocenters. The minimum Gasteiger partial charge on any atom is -0.508 e. The molecule has 0 fully saturated rings. The van der Waals surface area contributed by atoms with Gasteiger partial charge in [-0.15, -0.1) is 0 Å². The van der Waals surface area contributed by atoms with Crippen molar-refractivity contribution in [3.63, 3.8) is 0 Å². The van der Waals surface area contributed by atoms with Crippen molar-refractivity contribution in [1.29, 1.82) is 0 Å². The van der Waals surface area contributed by atoms with Crippen molar-refractivity contribution in [3.05, 3.63) is 132 Å². The fraction of sp³-hybridized carbons (Fsp3) is 0.700. The number of unbranched alkanes of at least 4 members (excludes halogenated alkanes) is 8. The average molecular weight is 1720 g/mol. The fourth-order valence-electron chi connectivity index (χ4n) is 1.76. The summed E-state index contributed by atoms with van der Waals surface area (Å²) in [5, 5.41) is 142. The van der Waals surface area contributed by atoms with Gasteiger partial charge in [0.2, 0.25) is 0 Å². The zero-order valence-electron chi connectivity index (χ0n) is 71.9. The fourth-order valence-corrected chi connectivity index (χ4v) is 1.76. The van der Waals surface area contributed by atoms with Gasteiger partial charge in [0.25, 0.3) is 0 Å². The average Bonchev–Trinajstić information content (AvgIpc) is 1.77. The second kappa shape index (κ2) is 278. The molecule has 0 radical (unpaired) electrons. The Kier molecular flexibility index (Phi) is 499. The molecule has 0 aliphatic rings. The number of phenolic OH excluding ortho intramolecular Hbond substituents is 3. The van der Waals surface area contributed by atoms with E-state index < -0.39 is 0 Å². The van der Waals surface area contributed by atoms with Gasteiger partial charge in [-0.2, -0.15) is 46.0 Å². The van der Waals surface area contributed by atoms with Gasteiger partial charge in [-0.05, 0) is 137 Å². The molecular formula is C80H178O18Ti6-6. The van der Waals surface area contributed by atoms with Crippen LogP contribution in [-0.4, -0.2) is 191 Å². The van der Waals surface area contributed by atoms with Crippen LogP contribution in [0.5, 0.6) is 17.2 Å². The van der Waals surface area contributed by atoms with Gasteiger partial charge < -0.3 is 133 Å². The normalized spacial score (nSPS) is 7.15. The van der Waals surface area contributed by atoms with Crippen LogP contribution in [0, 0.1) is 41.0 Å². The van der Waals surface area contributed by atoms with E-state index in [2.05, 4.69) is 90.0 Å². The van der Waals surface area contributed by atoms with Crippen molar-refractivity contribution >= 4 is 0 Å². The molecule has 24 heteroatoms. The summed E-state index contributed by atoms with van der Waals surface area (Å²) < 4.78 is 0. The van der Waals surface area contributed by atoms with Gasteiger partial charge in [-0.3, -0.25) is 0 Å². The molecule has 0 amide bonds. The summed E-state index contributed by atoms with van der Waals surface area (Å²) in [7, 11) is 3.00. The van der Waals surface area contributed by atoms with E-state index in [-0.39, 0.29) is 168 Å². The molecule has 18 nitrogen and oxygen atoms in total. The number of aliphatic hydroxyl groups is 15. The number of benzene rings is 3. The number of hydrogen-bond donors (Lipinski definition) is 18. The van der Waals surface area contributed by atoms with Crippen molar-refractivity contribution < 1.29 is 222 Å². The summed E-state index contributed by atoms with van der Waals surface area (Å²) in [5.41, 5.74) is 0. The van der Waals surface area contributed by atoms with Gasteiger partial charge >= 0.3 is 0 Å². The Labute approximate surface area is 738 Å². The van der Waals surface area contributed by atoms with Crippen LogP contribution in [0.3, 0.4) is 0 Å². The summed E-state index contributed by atoms with van der Waals surface area (Å²) in [5.74, 6) is 0.965. The Hall–Kier alpha value is 0.746. The van der Waals surface area contributed by atoms with Gasteiger partial charge in [0.1, 0.15) is 17.2 Å². The molecule has 0 aromatic heterocycles. The molecule has 0 unspecified atom stereocenters.